The predicted molar refractivity (Wildman–Crippen MR) is 232 cm³/mol. The minimum absolute atomic E-state index is 0.136. The molecule has 0 bridgehead atoms. The molecule has 8 aromatic rings. The van der Waals surface area contributed by atoms with Crippen molar-refractivity contribution in [1.29, 1.82) is 0 Å². The van der Waals surface area contributed by atoms with Crippen molar-refractivity contribution in [3.8, 4) is 22.6 Å². The smallest absolute Gasteiger partial charge is 0.153 e. The Balaban J connectivity index is 1.06. The van der Waals surface area contributed by atoms with Crippen LogP contribution in [0.25, 0.3) is 11.1 Å². The maximum atomic E-state index is 6.73. The molecule has 0 spiro atoms. The van der Waals surface area contributed by atoms with Gasteiger partial charge < -0.3 is 19.4 Å². The van der Waals surface area contributed by atoms with Gasteiger partial charge in [0.1, 0.15) is 0 Å². The number of para-hydroxylation sites is 5. The van der Waals surface area contributed by atoms with Gasteiger partial charge in [0.2, 0.25) is 0 Å². The summed E-state index contributed by atoms with van der Waals surface area (Å²) in [5, 5.41) is 0. The van der Waals surface area contributed by atoms with Gasteiger partial charge in [-0.2, -0.15) is 0 Å². The maximum Gasteiger partial charge on any atom is 0.153 e. The van der Waals surface area contributed by atoms with Gasteiger partial charge in [-0.25, -0.2) is 0 Å². The van der Waals surface area contributed by atoms with E-state index >= 15 is 0 Å². The van der Waals surface area contributed by atoms with Crippen LogP contribution >= 0.6 is 11.8 Å². The first-order valence-corrected chi connectivity index (χ1v) is 19.9. The largest absolute Gasteiger partial charge is 0.453 e. The number of rotatable bonds is 5. The van der Waals surface area contributed by atoms with Gasteiger partial charge in [-0.15, -0.1) is 0 Å². The van der Waals surface area contributed by atoms with Crippen LogP contribution in [0.2, 0.25) is 0 Å². The Morgan fingerprint density at radius 2 is 0.964 bits per heavy atom. The third-order valence-corrected chi connectivity index (χ3v) is 12.5. The van der Waals surface area contributed by atoms with Gasteiger partial charge in [0.15, 0.2) is 11.5 Å². The van der Waals surface area contributed by atoms with Crippen LogP contribution in [0.3, 0.4) is 0 Å². The van der Waals surface area contributed by atoms with E-state index in [1.165, 1.54) is 43.4 Å². The Hall–Kier alpha value is -6.69. The third kappa shape index (κ3) is 5.08. The van der Waals surface area contributed by atoms with Crippen LogP contribution in [0.5, 0.6) is 11.5 Å². The summed E-state index contributed by atoms with van der Waals surface area (Å²) in [6, 6.07) is 67.5. The molecular weight excluding hydrogens is 703 g/mol. The first-order chi connectivity index (χ1) is 27.5. The topological polar surface area (TPSA) is 19.0 Å². The molecule has 0 saturated heterocycles. The third-order valence-electron chi connectivity index (χ3n) is 11.4. The van der Waals surface area contributed by atoms with Gasteiger partial charge in [0, 0.05) is 49.7 Å². The van der Waals surface area contributed by atoms with E-state index in [9.17, 15) is 0 Å². The number of anilines is 9. The van der Waals surface area contributed by atoms with Gasteiger partial charge in [0.05, 0.1) is 22.7 Å². The van der Waals surface area contributed by atoms with Crippen molar-refractivity contribution in [3.63, 3.8) is 0 Å². The molecule has 2 aliphatic heterocycles. The summed E-state index contributed by atoms with van der Waals surface area (Å²) < 4.78 is 6.73. The standard InChI is InChI=1S/C51H37N3OS/c1-51(2)41-17-7-6-16-39(41)40-30-28-37(32-42(40)51)52(35-24-26-36(27-25-35)54-45-19-9-12-22-49(45)56-50-23-13-10-20-46(50)54)38-29-31-44-48(33-38)55-47-21-11-8-18-43(47)53(44)34-14-4-3-5-15-34/h3-33H,1-2H3. The molecule has 56 heavy (non-hydrogen) atoms. The molecule has 3 aliphatic rings. The molecule has 4 nitrogen and oxygen atoms in total. The highest BCUT2D eigenvalue weighted by atomic mass is 32.2. The van der Waals surface area contributed by atoms with Crippen molar-refractivity contribution in [3.05, 3.63) is 199 Å². The van der Waals surface area contributed by atoms with E-state index in [1.54, 1.807) is 0 Å². The SMILES string of the molecule is CC1(C)c2ccccc2-c2ccc(N(c3ccc(N4c5ccccc5Sc5ccccc54)cc3)c3ccc4c(c3)Oc3ccccc3N4c3ccccc3)cc21. The van der Waals surface area contributed by atoms with Gasteiger partial charge in [-0.05, 0) is 119 Å². The lowest BCUT2D eigenvalue weighted by atomic mass is 9.82. The van der Waals surface area contributed by atoms with Crippen LogP contribution in [-0.2, 0) is 5.41 Å². The van der Waals surface area contributed by atoms with Crippen molar-refractivity contribution in [2.75, 3.05) is 14.7 Å². The Morgan fingerprint density at radius 3 is 1.73 bits per heavy atom. The molecule has 0 saturated carbocycles. The molecule has 0 unspecified atom stereocenters. The van der Waals surface area contributed by atoms with Crippen LogP contribution < -0.4 is 19.4 Å². The van der Waals surface area contributed by atoms with Crippen LogP contribution in [0.4, 0.5) is 51.2 Å². The van der Waals surface area contributed by atoms with E-state index in [0.717, 1.165) is 51.3 Å². The average Bonchev–Trinajstić information content (AvgIpc) is 3.48. The fourth-order valence-corrected chi connectivity index (χ4v) is 9.81. The monoisotopic (exact) mass is 739 g/mol. The van der Waals surface area contributed by atoms with E-state index in [0.29, 0.717) is 0 Å². The molecule has 0 amide bonds. The van der Waals surface area contributed by atoms with E-state index in [2.05, 4.69) is 204 Å². The zero-order valence-electron chi connectivity index (χ0n) is 31.1. The highest BCUT2D eigenvalue weighted by Crippen LogP contribution is 2.55. The second-order valence-electron chi connectivity index (χ2n) is 15.0. The van der Waals surface area contributed by atoms with E-state index in [-0.39, 0.29) is 5.41 Å². The number of hydrogen-bond donors (Lipinski definition) is 0. The van der Waals surface area contributed by atoms with E-state index in [1.807, 2.05) is 23.9 Å². The van der Waals surface area contributed by atoms with Gasteiger partial charge >= 0.3 is 0 Å². The first kappa shape index (κ1) is 32.7. The molecule has 2 heterocycles. The van der Waals surface area contributed by atoms with E-state index < -0.39 is 0 Å². The number of benzene rings is 8. The minimum Gasteiger partial charge on any atom is -0.453 e. The average molecular weight is 740 g/mol. The van der Waals surface area contributed by atoms with Crippen molar-refractivity contribution < 1.29 is 4.74 Å². The van der Waals surface area contributed by atoms with Crippen LogP contribution in [-0.4, -0.2) is 0 Å². The minimum atomic E-state index is -0.136. The van der Waals surface area contributed by atoms with Gasteiger partial charge in [0.25, 0.3) is 0 Å². The molecule has 268 valence electrons. The zero-order chi connectivity index (χ0) is 37.4. The van der Waals surface area contributed by atoms with Crippen molar-refractivity contribution in [1.82, 2.24) is 0 Å². The number of hydrogen-bond acceptors (Lipinski definition) is 5. The Morgan fingerprint density at radius 1 is 0.429 bits per heavy atom. The van der Waals surface area contributed by atoms with Gasteiger partial charge in [-0.3, -0.25) is 0 Å². The van der Waals surface area contributed by atoms with Gasteiger partial charge in [-0.1, -0.05) is 111 Å². The summed E-state index contributed by atoms with van der Waals surface area (Å²) in [5.74, 6) is 1.63. The fourth-order valence-electron chi connectivity index (χ4n) is 8.75. The number of fused-ring (bicyclic) bond motifs is 7. The highest BCUT2D eigenvalue weighted by molar-refractivity contribution is 7.99. The Labute approximate surface area is 331 Å². The lowest BCUT2D eigenvalue weighted by Crippen LogP contribution is -2.18. The lowest BCUT2D eigenvalue weighted by Gasteiger charge is -2.35. The summed E-state index contributed by atoms with van der Waals surface area (Å²) in [6.07, 6.45) is 0. The fraction of sp³-hybridized carbons (Fsp3) is 0.0588. The molecule has 5 heteroatoms. The highest BCUT2D eigenvalue weighted by Gasteiger charge is 2.36. The summed E-state index contributed by atoms with van der Waals surface area (Å²) in [6.45, 7) is 4.69. The molecule has 0 N–H and O–H groups in total. The predicted octanol–water partition coefficient (Wildman–Crippen LogP) is 15.0. The molecule has 0 aromatic heterocycles. The van der Waals surface area contributed by atoms with Crippen LogP contribution in [0, 0.1) is 0 Å². The summed E-state index contributed by atoms with van der Waals surface area (Å²) in [4.78, 5) is 9.54. The molecule has 0 radical (unpaired) electrons. The molecule has 8 aromatic carbocycles. The second-order valence-corrected chi connectivity index (χ2v) is 16.1. The molecule has 0 fully saturated rings. The molecule has 11 rings (SSSR count). The van der Waals surface area contributed by atoms with Crippen molar-refractivity contribution >= 4 is 62.9 Å². The molecule has 1 aliphatic carbocycles. The van der Waals surface area contributed by atoms with Crippen molar-refractivity contribution in [2.24, 2.45) is 0 Å². The molecular formula is C51H37N3OS. The number of ether oxygens (including phenoxy) is 1. The molecule has 0 atom stereocenters. The normalized spacial score (nSPS) is 14.0. The van der Waals surface area contributed by atoms with Crippen molar-refractivity contribution in [2.45, 2.75) is 29.1 Å². The maximum absolute atomic E-state index is 6.73. The Bertz CT molecular complexity index is 2770. The van der Waals surface area contributed by atoms with E-state index in [4.69, 9.17) is 4.74 Å². The summed E-state index contributed by atoms with van der Waals surface area (Å²) >= 11 is 1.83. The summed E-state index contributed by atoms with van der Waals surface area (Å²) in [7, 11) is 0. The van der Waals surface area contributed by atoms with Crippen LogP contribution in [0.15, 0.2) is 198 Å². The van der Waals surface area contributed by atoms with Crippen LogP contribution in [0.1, 0.15) is 25.0 Å². The summed E-state index contributed by atoms with van der Waals surface area (Å²) in [5.41, 5.74) is 15.0. The first-order valence-electron chi connectivity index (χ1n) is 19.1. The zero-order valence-corrected chi connectivity index (χ0v) is 31.9. The lowest BCUT2D eigenvalue weighted by molar-refractivity contribution is 0.477. The number of nitrogens with zero attached hydrogens (tertiary/aromatic N) is 3. The Kier molecular flexibility index (Phi) is 7.41. The second kappa shape index (κ2) is 12.7. The quantitative estimate of drug-likeness (QED) is 0.174.